The van der Waals surface area contributed by atoms with Crippen LogP contribution in [0.4, 0.5) is 21.9 Å². The molecule has 1 aliphatic heterocycles. The van der Waals surface area contributed by atoms with Gasteiger partial charge in [0.15, 0.2) is 0 Å². The number of carbonyl (C=O) groups is 1. The zero-order chi connectivity index (χ0) is 18.5. The van der Waals surface area contributed by atoms with E-state index in [4.69, 9.17) is 0 Å². The molecule has 1 aliphatic rings. The number of likely N-dealkylation sites (N-methyl/N-ethyl adjacent to an activating group) is 1. The van der Waals surface area contributed by atoms with E-state index in [1.807, 2.05) is 26.1 Å². The smallest absolute Gasteiger partial charge is 0.323 e. The summed E-state index contributed by atoms with van der Waals surface area (Å²) in [5.41, 5.74) is 3.78. The van der Waals surface area contributed by atoms with Crippen molar-refractivity contribution in [2.45, 2.75) is 27.3 Å². The van der Waals surface area contributed by atoms with Gasteiger partial charge >= 0.3 is 6.03 Å². The van der Waals surface area contributed by atoms with E-state index < -0.39 is 0 Å². The number of hydrogen-bond acceptors (Lipinski definition) is 4. The lowest BCUT2D eigenvalue weighted by molar-refractivity contribution is 0.262. The fourth-order valence-corrected chi connectivity index (χ4v) is 3.19. The maximum atomic E-state index is 12.2. The second-order valence-corrected chi connectivity index (χ2v) is 6.58. The van der Waals surface area contributed by atoms with Crippen molar-refractivity contribution in [2.75, 3.05) is 48.3 Å². The Hall–Kier alpha value is -2.54. The van der Waals surface area contributed by atoms with E-state index in [0.717, 1.165) is 50.5 Å². The Kier molecular flexibility index (Phi) is 5.78. The number of aromatic nitrogens is 2. The minimum absolute atomic E-state index is 0.256. The number of rotatable bonds is 5. The van der Waals surface area contributed by atoms with Crippen LogP contribution in [-0.2, 0) is 6.54 Å². The number of nitrogens with one attached hydrogen (secondary N) is 2. The molecule has 0 saturated carbocycles. The van der Waals surface area contributed by atoms with Gasteiger partial charge in [0, 0.05) is 50.3 Å². The van der Waals surface area contributed by atoms with Gasteiger partial charge in [0.2, 0.25) is 0 Å². The second kappa shape index (κ2) is 8.23. The van der Waals surface area contributed by atoms with Gasteiger partial charge in [-0.2, -0.15) is 5.10 Å². The van der Waals surface area contributed by atoms with Gasteiger partial charge in [-0.1, -0.05) is 6.92 Å². The number of urea groups is 1. The third kappa shape index (κ3) is 4.35. The van der Waals surface area contributed by atoms with Crippen molar-refractivity contribution in [1.82, 2.24) is 14.7 Å². The molecule has 140 valence electrons. The molecule has 0 unspecified atom stereocenters. The first-order valence-corrected chi connectivity index (χ1v) is 9.27. The SMILES string of the molecule is CCN1CCN(c2ccc(NC(=O)Nc3cnn(CC)c3)c(C)c2)CC1. The predicted molar refractivity (Wildman–Crippen MR) is 106 cm³/mol. The Morgan fingerprint density at radius 1 is 1.12 bits per heavy atom. The van der Waals surface area contributed by atoms with Crippen molar-refractivity contribution in [3.8, 4) is 0 Å². The van der Waals surface area contributed by atoms with E-state index in [0.29, 0.717) is 5.69 Å². The van der Waals surface area contributed by atoms with E-state index in [9.17, 15) is 4.79 Å². The molecule has 1 aromatic heterocycles. The normalized spacial score (nSPS) is 15.1. The van der Waals surface area contributed by atoms with E-state index in [1.165, 1.54) is 5.69 Å². The summed E-state index contributed by atoms with van der Waals surface area (Å²) in [6, 6.07) is 5.95. The van der Waals surface area contributed by atoms with Crippen LogP contribution in [0.25, 0.3) is 0 Å². The van der Waals surface area contributed by atoms with Crippen molar-refractivity contribution in [2.24, 2.45) is 0 Å². The first-order valence-electron chi connectivity index (χ1n) is 9.27. The molecule has 1 saturated heterocycles. The molecule has 7 heteroatoms. The van der Waals surface area contributed by atoms with Crippen molar-refractivity contribution < 1.29 is 4.79 Å². The third-order valence-corrected chi connectivity index (χ3v) is 4.86. The molecule has 0 spiro atoms. The van der Waals surface area contributed by atoms with Gasteiger partial charge in [-0.25, -0.2) is 4.79 Å². The van der Waals surface area contributed by atoms with Crippen molar-refractivity contribution >= 4 is 23.1 Å². The van der Waals surface area contributed by atoms with E-state index >= 15 is 0 Å². The van der Waals surface area contributed by atoms with E-state index in [-0.39, 0.29) is 6.03 Å². The minimum Gasteiger partial charge on any atom is -0.369 e. The second-order valence-electron chi connectivity index (χ2n) is 6.58. The maximum Gasteiger partial charge on any atom is 0.323 e. The zero-order valence-corrected chi connectivity index (χ0v) is 15.8. The molecule has 0 atom stereocenters. The molecular formula is C19H28N6O. The van der Waals surface area contributed by atoms with Gasteiger partial charge in [-0.3, -0.25) is 4.68 Å². The summed E-state index contributed by atoms with van der Waals surface area (Å²) in [5, 5.41) is 9.88. The number of nitrogens with zero attached hydrogens (tertiary/aromatic N) is 4. The number of benzene rings is 1. The molecule has 2 aromatic rings. The molecule has 0 bridgehead atoms. The average Bonchev–Trinajstić information content (AvgIpc) is 3.11. The standard InChI is InChI=1S/C19H28N6O/c1-4-23-8-10-24(11-9-23)17-6-7-18(15(3)12-17)22-19(26)21-16-13-20-25(5-2)14-16/h6-7,12-14H,4-5,8-11H2,1-3H3,(H2,21,22,26). The van der Waals surface area contributed by atoms with Gasteiger partial charge in [0.05, 0.1) is 11.9 Å². The Balaban J connectivity index is 1.59. The molecule has 26 heavy (non-hydrogen) atoms. The number of amides is 2. The molecule has 1 fully saturated rings. The summed E-state index contributed by atoms with van der Waals surface area (Å²) in [6.07, 6.45) is 3.46. The highest BCUT2D eigenvalue weighted by Crippen LogP contribution is 2.24. The van der Waals surface area contributed by atoms with Crippen LogP contribution in [0.3, 0.4) is 0 Å². The fourth-order valence-electron chi connectivity index (χ4n) is 3.19. The number of anilines is 3. The Bertz CT molecular complexity index is 748. The van der Waals surface area contributed by atoms with Crippen molar-refractivity contribution in [3.05, 3.63) is 36.2 Å². The third-order valence-electron chi connectivity index (χ3n) is 4.86. The summed E-state index contributed by atoms with van der Waals surface area (Å²) in [7, 11) is 0. The first-order chi connectivity index (χ1) is 12.6. The molecule has 2 amide bonds. The van der Waals surface area contributed by atoms with Crippen LogP contribution >= 0.6 is 0 Å². The minimum atomic E-state index is -0.256. The summed E-state index contributed by atoms with van der Waals surface area (Å²) < 4.78 is 1.77. The predicted octanol–water partition coefficient (Wildman–Crippen LogP) is 3.00. The van der Waals surface area contributed by atoms with Gasteiger partial charge in [-0.15, -0.1) is 0 Å². The average molecular weight is 356 g/mol. The van der Waals surface area contributed by atoms with Crippen LogP contribution in [0.5, 0.6) is 0 Å². The lowest BCUT2D eigenvalue weighted by Gasteiger charge is -2.35. The van der Waals surface area contributed by atoms with Crippen LogP contribution in [0.15, 0.2) is 30.6 Å². The van der Waals surface area contributed by atoms with Crippen molar-refractivity contribution in [1.29, 1.82) is 0 Å². The van der Waals surface area contributed by atoms with Crippen LogP contribution in [-0.4, -0.2) is 53.4 Å². The molecule has 3 rings (SSSR count). The maximum absolute atomic E-state index is 12.2. The highest BCUT2D eigenvalue weighted by Gasteiger charge is 2.16. The number of hydrogen-bond donors (Lipinski definition) is 2. The number of aryl methyl sites for hydroxylation is 2. The van der Waals surface area contributed by atoms with E-state index in [2.05, 4.69) is 44.6 Å². The molecule has 7 nitrogen and oxygen atoms in total. The van der Waals surface area contributed by atoms with Gasteiger partial charge < -0.3 is 20.4 Å². The van der Waals surface area contributed by atoms with Crippen LogP contribution in [0, 0.1) is 6.92 Å². The van der Waals surface area contributed by atoms with Crippen LogP contribution in [0.1, 0.15) is 19.4 Å². The fraction of sp³-hybridized carbons (Fsp3) is 0.474. The number of carbonyl (C=O) groups excluding carboxylic acids is 1. The Morgan fingerprint density at radius 3 is 2.50 bits per heavy atom. The van der Waals surface area contributed by atoms with Crippen LogP contribution < -0.4 is 15.5 Å². The zero-order valence-electron chi connectivity index (χ0n) is 15.8. The van der Waals surface area contributed by atoms with Crippen LogP contribution in [0.2, 0.25) is 0 Å². The van der Waals surface area contributed by atoms with Crippen molar-refractivity contribution in [3.63, 3.8) is 0 Å². The highest BCUT2D eigenvalue weighted by molar-refractivity contribution is 6.00. The highest BCUT2D eigenvalue weighted by atomic mass is 16.2. The molecule has 2 N–H and O–H groups in total. The van der Waals surface area contributed by atoms with Gasteiger partial charge in [-0.05, 0) is 44.2 Å². The van der Waals surface area contributed by atoms with Gasteiger partial charge in [0.25, 0.3) is 0 Å². The summed E-state index contributed by atoms with van der Waals surface area (Å²) in [6.45, 7) is 12.4. The Labute approximate surface area is 155 Å². The molecule has 1 aromatic carbocycles. The summed E-state index contributed by atoms with van der Waals surface area (Å²) in [5.74, 6) is 0. The Morgan fingerprint density at radius 2 is 1.88 bits per heavy atom. The molecular weight excluding hydrogens is 328 g/mol. The topological polar surface area (TPSA) is 65.4 Å². The lowest BCUT2D eigenvalue weighted by Crippen LogP contribution is -2.46. The summed E-state index contributed by atoms with van der Waals surface area (Å²) >= 11 is 0. The number of piperazine rings is 1. The van der Waals surface area contributed by atoms with E-state index in [1.54, 1.807) is 10.9 Å². The monoisotopic (exact) mass is 356 g/mol. The molecule has 2 heterocycles. The largest absolute Gasteiger partial charge is 0.369 e. The molecule has 0 radical (unpaired) electrons. The summed E-state index contributed by atoms with van der Waals surface area (Å²) in [4.78, 5) is 17.1. The van der Waals surface area contributed by atoms with Gasteiger partial charge in [0.1, 0.15) is 0 Å². The molecule has 0 aliphatic carbocycles. The quantitative estimate of drug-likeness (QED) is 0.864. The first kappa shape index (κ1) is 18.3. The lowest BCUT2D eigenvalue weighted by atomic mass is 10.1.